The number of phenols is 1. The number of hydrogen-bond donors (Lipinski definition) is 6. The summed E-state index contributed by atoms with van der Waals surface area (Å²) in [4.78, 5) is 79.7. The zero-order chi connectivity index (χ0) is 44.5. The van der Waals surface area contributed by atoms with Crippen LogP contribution in [-0.4, -0.2) is 77.9 Å². The van der Waals surface area contributed by atoms with Gasteiger partial charge in [0.25, 0.3) is 11.8 Å². The number of amides is 4. The number of nitrogens with two attached hydrogens (primary N) is 1. The molecule has 0 aliphatic heterocycles. The van der Waals surface area contributed by atoms with E-state index >= 15 is 0 Å². The molecule has 18 nitrogen and oxygen atoms in total. The van der Waals surface area contributed by atoms with E-state index in [4.69, 9.17) is 22.1 Å². The van der Waals surface area contributed by atoms with Gasteiger partial charge in [0.2, 0.25) is 17.6 Å². The fraction of sp³-hybridized carbons (Fsp3) is 0.136. The SMILES string of the molecule is [C-]#[N+]c1ccc(C(=O)Nc2ccc(C(=O)NC(CC(N)=O)C(=O)Nc3ccc(-c4nnn(-c5ccc(C(=O)Cc6ccc(C(=O)O)cc6)c(O)c5OC(C)C)n4)cc3)cc2)cc1. The number of carboxylic acid groups (broad SMARTS) is 1. The van der Waals surface area contributed by atoms with Gasteiger partial charge in [-0.05, 0) is 97.4 Å². The number of carboxylic acids is 1. The number of aromatic hydroxyl groups is 1. The number of nitrogens with zero attached hydrogens (tertiary/aromatic N) is 5. The highest BCUT2D eigenvalue weighted by atomic mass is 16.5. The Bertz CT molecular complexity index is 2710. The van der Waals surface area contributed by atoms with Crippen LogP contribution >= 0.6 is 0 Å². The first-order valence-corrected chi connectivity index (χ1v) is 18.8. The number of ether oxygens (including phenoxy) is 1. The highest BCUT2D eigenvalue weighted by molar-refractivity contribution is 6.06. The molecule has 0 bridgehead atoms. The van der Waals surface area contributed by atoms with E-state index < -0.39 is 59.7 Å². The minimum absolute atomic E-state index is 0.0265. The van der Waals surface area contributed by atoms with Crippen LogP contribution in [0.2, 0.25) is 0 Å². The summed E-state index contributed by atoms with van der Waals surface area (Å²) in [5, 5.41) is 40.9. The number of nitrogens with one attached hydrogen (secondary N) is 3. The summed E-state index contributed by atoms with van der Waals surface area (Å²) in [7, 11) is 0. The number of aromatic nitrogens is 4. The molecule has 18 heteroatoms. The predicted octanol–water partition coefficient (Wildman–Crippen LogP) is 5.36. The van der Waals surface area contributed by atoms with Crippen molar-refractivity contribution in [3.63, 3.8) is 0 Å². The number of benzene rings is 5. The lowest BCUT2D eigenvalue weighted by molar-refractivity contribution is -0.123. The number of hydrogen-bond acceptors (Lipinski definition) is 11. The minimum atomic E-state index is -1.34. The molecular weight excluding hydrogens is 799 g/mol. The van der Waals surface area contributed by atoms with Gasteiger partial charge in [0.15, 0.2) is 23.0 Å². The maximum Gasteiger partial charge on any atom is 0.335 e. The number of Topliss-reactive ketones (excluding diaryl/α,β-unsaturated/α-hetero) is 1. The summed E-state index contributed by atoms with van der Waals surface area (Å²) >= 11 is 0. The maximum absolute atomic E-state index is 13.3. The third-order valence-electron chi connectivity index (χ3n) is 9.06. The van der Waals surface area contributed by atoms with Gasteiger partial charge < -0.3 is 36.6 Å². The number of phenolic OH excluding ortho intramolecular Hbond substituents is 1. The molecule has 0 saturated heterocycles. The number of carbonyl (C=O) groups excluding carboxylic acids is 5. The topological polar surface area (TPSA) is 262 Å². The summed E-state index contributed by atoms with van der Waals surface area (Å²) in [6.07, 6.45) is -1.04. The van der Waals surface area contributed by atoms with Crippen LogP contribution in [0.15, 0.2) is 109 Å². The Labute approximate surface area is 353 Å². The fourth-order valence-corrected chi connectivity index (χ4v) is 5.95. The predicted molar refractivity (Wildman–Crippen MR) is 224 cm³/mol. The van der Waals surface area contributed by atoms with Crippen LogP contribution in [0.4, 0.5) is 17.1 Å². The molecule has 62 heavy (non-hydrogen) atoms. The third kappa shape index (κ3) is 10.5. The molecule has 6 aromatic rings. The molecule has 0 aliphatic rings. The van der Waals surface area contributed by atoms with Crippen LogP contribution in [0.25, 0.3) is 21.9 Å². The first-order chi connectivity index (χ1) is 29.7. The van der Waals surface area contributed by atoms with Crippen LogP contribution in [0.5, 0.6) is 11.5 Å². The lowest BCUT2D eigenvalue weighted by atomic mass is 10.0. The quantitative estimate of drug-likeness (QED) is 0.0532. The Morgan fingerprint density at radius 2 is 1.39 bits per heavy atom. The fourth-order valence-electron chi connectivity index (χ4n) is 5.95. The van der Waals surface area contributed by atoms with E-state index in [0.717, 1.165) is 4.80 Å². The standard InChI is InChI=1S/C44H37N9O9/c1-24(2)62-39-35(21-20-33(38(39)56)36(54)22-25-4-6-29(7-5-25)44(60)61)53-51-40(50-52-53)26-8-16-32(17-9-26)48-43(59)34(23-37(45)55)49-42(58)28-12-18-31(19-13-28)47-41(57)27-10-14-30(46-3)15-11-27/h4-21,24,34,56H,22-23H2,1-2H3,(H2,45,55)(H,47,57)(H,48,59)(H,49,58)(H,60,61). The van der Waals surface area contributed by atoms with Crippen molar-refractivity contribution in [3.05, 3.63) is 148 Å². The average molecular weight is 836 g/mol. The van der Waals surface area contributed by atoms with Crippen LogP contribution < -0.4 is 26.4 Å². The zero-order valence-electron chi connectivity index (χ0n) is 33.0. The highest BCUT2D eigenvalue weighted by Crippen LogP contribution is 2.37. The third-order valence-corrected chi connectivity index (χ3v) is 9.06. The molecule has 0 aliphatic carbocycles. The first-order valence-electron chi connectivity index (χ1n) is 18.8. The van der Waals surface area contributed by atoms with Gasteiger partial charge in [-0.1, -0.05) is 36.4 Å². The number of ketones is 1. The van der Waals surface area contributed by atoms with Crippen molar-refractivity contribution in [1.29, 1.82) is 0 Å². The van der Waals surface area contributed by atoms with Crippen LogP contribution in [0.3, 0.4) is 0 Å². The smallest absolute Gasteiger partial charge is 0.335 e. The number of rotatable bonds is 16. The van der Waals surface area contributed by atoms with Gasteiger partial charge in [-0.25, -0.2) is 9.64 Å². The number of primary amides is 1. The van der Waals surface area contributed by atoms with E-state index in [1.54, 1.807) is 26.0 Å². The van der Waals surface area contributed by atoms with E-state index in [2.05, 4.69) is 36.2 Å². The summed E-state index contributed by atoms with van der Waals surface area (Å²) in [6.45, 7) is 10.5. The molecule has 5 aromatic carbocycles. The Kier molecular flexibility index (Phi) is 13.1. The van der Waals surface area contributed by atoms with Crippen molar-refractivity contribution < 1.29 is 43.7 Å². The van der Waals surface area contributed by atoms with Gasteiger partial charge in [0.05, 0.1) is 30.2 Å². The lowest BCUT2D eigenvalue weighted by Crippen LogP contribution is -2.46. The largest absolute Gasteiger partial charge is 0.504 e. The lowest BCUT2D eigenvalue weighted by Gasteiger charge is -2.17. The molecule has 0 radical (unpaired) electrons. The monoisotopic (exact) mass is 835 g/mol. The Hall–Kier alpha value is -8.72. The van der Waals surface area contributed by atoms with Gasteiger partial charge in [0, 0.05) is 34.5 Å². The molecule has 4 amide bonds. The van der Waals surface area contributed by atoms with E-state index in [1.807, 2.05) is 0 Å². The van der Waals surface area contributed by atoms with Crippen molar-refractivity contribution in [2.45, 2.75) is 38.8 Å². The molecule has 1 heterocycles. The van der Waals surface area contributed by atoms with E-state index in [1.165, 1.54) is 97.1 Å². The van der Waals surface area contributed by atoms with E-state index in [0.29, 0.717) is 33.8 Å². The second kappa shape index (κ2) is 18.9. The van der Waals surface area contributed by atoms with Gasteiger partial charge in [0.1, 0.15) is 11.7 Å². The molecule has 7 N–H and O–H groups in total. The van der Waals surface area contributed by atoms with Crippen LogP contribution in [0.1, 0.15) is 67.3 Å². The van der Waals surface area contributed by atoms with Crippen LogP contribution in [0, 0.1) is 6.57 Å². The molecule has 0 saturated carbocycles. The number of anilines is 2. The number of aromatic carboxylic acids is 1. The van der Waals surface area contributed by atoms with Gasteiger partial charge >= 0.3 is 5.97 Å². The van der Waals surface area contributed by atoms with Crippen molar-refractivity contribution in [2.24, 2.45) is 5.73 Å². The van der Waals surface area contributed by atoms with Gasteiger partial charge in [-0.15, -0.1) is 15.0 Å². The first kappa shape index (κ1) is 42.9. The average Bonchev–Trinajstić information content (AvgIpc) is 3.74. The second-order valence-corrected chi connectivity index (χ2v) is 13.9. The van der Waals surface area contributed by atoms with Crippen molar-refractivity contribution in [1.82, 2.24) is 25.5 Å². The van der Waals surface area contributed by atoms with Crippen molar-refractivity contribution in [2.75, 3.05) is 10.6 Å². The number of tetrazole rings is 1. The molecule has 0 fully saturated rings. The van der Waals surface area contributed by atoms with E-state index in [-0.39, 0.29) is 40.4 Å². The maximum atomic E-state index is 13.3. The van der Waals surface area contributed by atoms with Crippen molar-refractivity contribution in [3.8, 4) is 28.6 Å². The second-order valence-electron chi connectivity index (χ2n) is 13.9. The summed E-state index contributed by atoms with van der Waals surface area (Å²) in [6, 6.07) is 25.6. The van der Waals surface area contributed by atoms with E-state index in [9.17, 15) is 33.9 Å². The molecule has 1 aromatic heterocycles. The van der Waals surface area contributed by atoms with Gasteiger partial charge in [-0.2, -0.15) is 0 Å². The molecule has 1 unspecified atom stereocenters. The summed E-state index contributed by atoms with van der Waals surface area (Å²) in [5.41, 5.74) is 8.22. The molecule has 1 atom stereocenters. The molecule has 312 valence electrons. The Morgan fingerprint density at radius 3 is 2.00 bits per heavy atom. The normalized spacial score (nSPS) is 11.2. The highest BCUT2D eigenvalue weighted by Gasteiger charge is 2.25. The number of carbonyl (C=O) groups is 6. The zero-order valence-corrected chi connectivity index (χ0v) is 33.0. The summed E-state index contributed by atoms with van der Waals surface area (Å²) < 4.78 is 5.90. The minimum Gasteiger partial charge on any atom is -0.504 e. The molecular formula is C44H37N9O9. The van der Waals surface area contributed by atoms with Crippen LogP contribution in [-0.2, 0) is 16.0 Å². The Balaban J connectivity index is 1.10. The molecule has 0 spiro atoms. The Morgan fingerprint density at radius 1 is 0.790 bits per heavy atom. The van der Waals surface area contributed by atoms with Crippen molar-refractivity contribution >= 4 is 52.4 Å². The van der Waals surface area contributed by atoms with Gasteiger partial charge in [-0.3, -0.25) is 24.0 Å². The summed E-state index contributed by atoms with van der Waals surface area (Å²) in [5.74, 6) is -4.53. The molecule has 6 rings (SSSR count).